The van der Waals surface area contributed by atoms with E-state index in [4.69, 9.17) is 11.6 Å². The smallest absolute Gasteiger partial charge is 0.261 e. The number of fused-ring (bicyclic) bond motifs is 1. The summed E-state index contributed by atoms with van der Waals surface area (Å²) in [5.41, 5.74) is 0.599. The number of ketones is 2. The third-order valence-electron chi connectivity index (χ3n) is 3.32. The summed E-state index contributed by atoms with van der Waals surface area (Å²) in [6.45, 7) is 0. The molecular formula is C17H10ClNO3. The number of amides is 1. The van der Waals surface area contributed by atoms with E-state index < -0.39 is 17.5 Å². The summed E-state index contributed by atoms with van der Waals surface area (Å²) in [7, 11) is 0. The number of para-hydroxylation sites is 1. The number of halogens is 1. The Morgan fingerprint density at radius 2 is 1.36 bits per heavy atom. The van der Waals surface area contributed by atoms with E-state index >= 15 is 0 Å². The third-order valence-corrected chi connectivity index (χ3v) is 3.68. The fraction of sp³-hybridized carbons (Fsp3) is 0. The van der Waals surface area contributed by atoms with Crippen LogP contribution < -0.4 is 5.32 Å². The van der Waals surface area contributed by atoms with E-state index in [2.05, 4.69) is 5.32 Å². The van der Waals surface area contributed by atoms with Crippen LogP contribution >= 0.6 is 11.6 Å². The Balaban J connectivity index is 2.00. The summed E-state index contributed by atoms with van der Waals surface area (Å²) in [5, 5.41) is 2.22. The van der Waals surface area contributed by atoms with E-state index in [0.29, 0.717) is 5.69 Å². The molecule has 0 saturated carbocycles. The maximum absolute atomic E-state index is 12.4. The van der Waals surface area contributed by atoms with Crippen LogP contribution in [0, 0.1) is 0 Å². The maximum Gasteiger partial charge on any atom is 0.261 e. The Bertz CT molecular complexity index is 825. The van der Waals surface area contributed by atoms with Crippen molar-refractivity contribution in [1.29, 1.82) is 0 Å². The van der Waals surface area contributed by atoms with E-state index in [1.54, 1.807) is 42.5 Å². The molecule has 0 saturated heterocycles. The maximum atomic E-state index is 12.4. The van der Waals surface area contributed by atoms with Crippen LogP contribution in [0.2, 0.25) is 0 Å². The fourth-order valence-corrected chi connectivity index (χ4v) is 2.54. The van der Waals surface area contributed by atoms with Crippen LogP contribution in [0.1, 0.15) is 20.7 Å². The second kappa shape index (κ2) is 5.58. The summed E-state index contributed by atoms with van der Waals surface area (Å²) in [6, 6.07) is 14.9. The van der Waals surface area contributed by atoms with E-state index in [0.717, 1.165) is 0 Å². The lowest BCUT2D eigenvalue weighted by Crippen LogP contribution is -2.28. The van der Waals surface area contributed by atoms with Crippen LogP contribution in [0.5, 0.6) is 0 Å². The van der Waals surface area contributed by atoms with Gasteiger partial charge in [0.2, 0.25) is 11.6 Å². The largest absolute Gasteiger partial charge is 0.322 e. The minimum atomic E-state index is -0.691. The molecule has 2 aromatic carbocycles. The van der Waals surface area contributed by atoms with Crippen LogP contribution in [0.25, 0.3) is 0 Å². The third kappa shape index (κ3) is 2.34. The van der Waals surface area contributed by atoms with Gasteiger partial charge in [0.25, 0.3) is 5.91 Å². The van der Waals surface area contributed by atoms with Gasteiger partial charge in [-0.2, -0.15) is 0 Å². The molecule has 0 heterocycles. The van der Waals surface area contributed by atoms with Crippen LogP contribution in [0.3, 0.4) is 0 Å². The second-order valence-corrected chi connectivity index (χ2v) is 5.09. The van der Waals surface area contributed by atoms with Gasteiger partial charge in [-0.1, -0.05) is 54.1 Å². The van der Waals surface area contributed by atoms with Crippen molar-refractivity contribution < 1.29 is 14.4 Å². The first-order valence-corrected chi connectivity index (χ1v) is 6.92. The van der Waals surface area contributed by atoms with Crippen molar-refractivity contribution in [1.82, 2.24) is 0 Å². The van der Waals surface area contributed by atoms with E-state index in [1.165, 1.54) is 12.1 Å². The molecule has 0 unspecified atom stereocenters. The lowest BCUT2D eigenvalue weighted by molar-refractivity contribution is -0.112. The summed E-state index contributed by atoms with van der Waals surface area (Å²) in [6.07, 6.45) is 0. The zero-order valence-electron chi connectivity index (χ0n) is 11.3. The second-order valence-electron chi connectivity index (χ2n) is 4.71. The molecule has 0 fully saturated rings. The first-order valence-electron chi connectivity index (χ1n) is 6.54. The zero-order valence-corrected chi connectivity index (χ0v) is 12.1. The number of nitrogens with one attached hydrogen (secondary N) is 1. The molecule has 3 rings (SSSR count). The molecule has 0 aliphatic heterocycles. The number of anilines is 1. The van der Waals surface area contributed by atoms with Gasteiger partial charge in [-0.25, -0.2) is 0 Å². The molecule has 0 aromatic heterocycles. The summed E-state index contributed by atoms with van der Waals surface area (Å²) >= 11 is 5.97. The predicted octanol–water partition coefficient (Wildman–Crippen LogP) is 3.20. The number of rotatable bonds is 2. The molecule has 5 heteroatoms. The average molecular weight is 312 g/mol. The van der Waals surface area contributed by atoms with Gasteiger partial charge in [0.05, 0.1) is 0 Å². The van der Waals surface area contributed by atoms with Crippen molar-refractivity contribution in [3.8, 4) is 0 Å². The van der Waals surface area contributed by atoms with Gasteiger partial charge < -0.3 is 5.32 Å². The SMILES string of the molecule is O=C(Nc1ccccc1)C1=C(Cl)C(=O)c2ccccc2C1=O. The summed E-state index contributed by atoms with van der Waals surface area (Å²) in [4.78, 5) is 37.0. The van der Waals surface area contributed by atoms with Crippen molar-refractivity contribution in [2.24, 2.45) is 0 Å². The number of hydrogen-bond acceptors (Lipinski definition) is 3. The van der Waals surface area contributed by atoms with Gasteiger partial charge in [0, 0.05) is 16.8 Å². The number of carbonyl (C=O) groups excluding carboxylic acids is 3. The molecule has 1 aliphatic rings. The van der Waals surface area contributed by atoms with Gasteiger partial charge in [0.1, 0.15) is 10.6 Å². The van der Waals surface area contributed by atoms with Gasteiger partial charge >= 0.3 is 0 Å². The van der Waals surface area contributed by atoms with E-state index in [1.807, 2.05) is 0 Å². The Labute approximate surface area is 131 Å². The molecule has 0 radical (unpaired) electrons. The molecule has 1 amide bonds. The zero-order chi connectivity index (χ0) is 15.7. The van der Waals surface area contributed by atoms with Gasteiger partial charge in [-0.15, -0.1) is 0 Å². The number of hydrogen-bond donors (Lipinski definition) is 1. The average Bonchev–Trinajstić information content (AvgIpc) is 2.54. The van der Waals surface area contributed by atoms with E-state index in [-0.39, 0.29) is 21.7 Å². The monoisotopic (exact) mass is 311 g/mol. The Morgan fingerprint density at radius 3 is 2.00 bits per heavy atom. The lowest BCUT2D eigenvalue weighted by atomic mass is 9.89. The molecule has 4 nitrogen and oxygen atoms in total. The predicted molar refractivity (Wildman–Crippen MR) is 83.1 cm³/mol. The highest BCUT2D eigenvalue weighted by Crippen LogP contribution is 2.29. The lowest BCUT2D eigenvalue weighted by Gasteiger charge is -2.17. The van der Waals surface area contributed by atoms with Crippen LogP contribution in [-0.4, -0.2) is 17.5 Å². The first-order chi connectivity index (χ1) is 10.6. The van der Waals surface area contributed by atoms with Gasteiger partial charge in [0.15, 0.2) is 0 Å². The molecule has 2 aromatic rings. The van der Waals surface area contributed by atoms with Crippen molar-refractivity contribution in [2.45, 2.75) is 0 Å². The van der Waals surface area contributed by atoms with Gasteiger partial charge in [-0.3, -0.25) is 14.4 Å². The molecule has 1 aliphatic carbocycles. The van der Waals surface area contributed by atoms with Crippen molar-refractivity contribution in [3.63, 3.8) is 0 Å². The van der Waals surface area contributed by atoms with Crippen molar-refractivity contribution >= 4 is 34.8 Å². The standard InChI is InChI=1S/C17H10ClNO3/c18-14-13(17(22)19-10-6-2-1-3-7-10)15(20)11-8-4-5-9-12(11)16(14)21/h1-9H,(H,19,22). The van der Waals surface area contributed by atoms with Crippen LogP contribution in [-0.2, 0) is 4.79 Å². The Hall–Kier alpha value is -2.72. The minimum Gasteiger partial charge on any atom is -0.322 e. The Morgan fingerprint density at radius 1 is 0.818 bits per heavy atom. The molecule has 108 valence electrons. The molecule has 22 heavy (non-hydrogen) atoms. The minimum absolute atomic E-state index is 0.190. The number of carbonyl (C=O) groups is 3. The fourth-order valence-electron chi connectivity index (χ4n) is 2.26. The molecule has 0 atom stereocenters. The van der Waals surface area contributed by atoms with Crippen molar-refractivity contribution in [2.75, 3.05) is 5.32 Å². The number of benzene rings is 2. The quantitative estimate of drug-likeness (QED) is 0.866. The summed E-state index contributed by atoms with van der Waals surface area (Å²) < 4.78 is 0. The molecule has 1 N–H and O–H groups in total. The number of allylic oxidation sites excluding steroid dienone is 1. The van der Waals surface area contributed by atoms with Gasteiger partial charge in [-0.05, 0) is 12.1 Å². The highest BCUT2D eigenvalue weighted by molar-refractivity contribution is 6.53. The van der Waals surface area contributed by atoms with E-state index in [9.17, 15) is 14.4 Å². The van der Waals surface area contributed by atoms with Crippen LogP contribution in [0.4, 0.5) is 5.69 Å². The normalized spacial score (nSPS) is 13.9. The van der Waals surface area contributed by atoms with Crippen LogP contribution in [0.15, 0.2) is 65.2 Å². The van der Waals surface area contributed by atoms with Crippen molar-refractivity contribution in [3.05, 3.63) is 76.3 Å². The first kappa shape index (κ1) is 14.2. The highest BCUT2D eigenvalue weighted by atomic mass is 35.5. The molecule has 0 spiro atoms. The topological polar surface area (TPSA) is 63.2 Å². The number of Topliss-reactive ketones (excluding diaryl/α,β-unsaturated/α-hetero) is 2. The summed E-state index contributed by atoms with van der Waals surface area (Å²) in [5.74, 6) is -1.76. The highest BCUT2D eigenvalue weighted by Gasteiger charge is 2.34. The Kier molecular flexibility index (Phi) is 3.61. The molecule has 0 bridgehead atoms. The molecular weight excluding hydrogens is 302 g/mol.